The van der Waals surface area contributed by atoms with E-state index in [1.807, 2.05) is 0 Å². The van der Waals surface area contributed by atoms with E-state index in [1.54, 1.807) is 24.1 Å². The third-order valence-corrected chi connectivity index (χ3v) is 1.32. The molecular weight excluding hydrogens is 184 g/mol. The molecular formula is C10H6O4. The van der Waals surface area contributed by atoms with Crippen LogP contribution in [-0.2, 0) is 14.6 Å². The summed E-state index contributed by atoms with van der Waals surface area (Å²) in [5, 5.41) is 0. The molecule has 4 heteroatoms. The number of hydrogen-bond acceptors (Lipinski definition) is 4. The first-order chi connectivity index (χ1) is 6.74. The predicted molar refractivity (Wildman–Crippen MR) is 46.8 cm³/mol. The van der Waals surface area contributed by atoms with Gasteiger partial charge in [0.25, 0.3) is 0 Å². The number of carbonyl (C=O) groups is 2. The summed E-state index contributed by atoms with van der Waals surface area (Å²) in [7, 11) is 0. The first-order valence-electron chi connectivity index (χ1n) is 3.68. The first-order valence-corrected chi connectivity index (χ1v) is 3.68. The molecule has 1 aromatic rings. The first kappa shape index (κ1) is 9.81. The largest absolute Gasteiger partial charge is 0.429 e. The summed E-state index contributed by atoms with van der Waals surface area (Å²) in [6.07, 6.45) is 4.68. The monoisotopic (exact) mass is 190 g/mol. The van der Waals surface area contributed by atoms with Crippen LogP contribution >= 0.6 is 0 Å². The van der Waals surface area contributed by atoms with Crippen molar-refractivity contribution in [1.29, 1.82) is 0 Å². The highest BCUT2D eigenvalue weighted by Gasteiger charge is 2.09. The lowest BCUT2D eigenvalue weighted by Crippen LogP contribution is -2.09. The van der Waals surface area contributed by atoms with Gasteiger partial charge in [-0.05, 0) is 12.1 Å². The second-order valence-electron chi connectivity index (χ2n) is 2.25. The fourth-order valence-corrected chi connectivity index (χ4v) is 0.722. The summed E-state index contributed by atoms with van der Waals surface area (Å²) in [6, 6.07) is 8.08. The quantitative estimate of drug-likeness (QED) is 0.375. The zero-order chi connectivity index (χ0) is 10.4. The predicted octanol–water partition coefficient (Wildman–Crippen LogP) is 0.935. The van der Waals surface area contributed by atoms with Crippen molar-refractivity contribution >= 4 is 11.9 Å². The van der Waals surface area contributed by atoms with Crippen LogP contribution in [0.3, 0.4) is 0 Å². The van der Waals surface area contributed by atoms with Gasteiger partial charge in [0.2, 0.25) is 0 Å². The summed E-state index contributed by atoms with van der Waals surface area (Å²) in [5.41, 5.74) is 0.275. The lowest BCUT2D eigenvalue weighted by atomic mass is 10.2. The molecule has 1 aromatic carbocycles. The second-order valence-corrected chi connectivity index (χ2v) is 2.25. The molecule has 0 aromatic heterocycles. The van der Waals surface area contributed by atoms with Gasteiger partial charge in [0.05, 0.1) is 5.56 Å². The van der Waals surface area contributed by atoms with Crippen LogP contribution in [0, 0.1) is 12.3 Å². The van der Waals surface area contributed by atoms with E-state index in [1.165, 1.54) is 12.1 Å². The Balaban J connectivity index is 2.53. The van der Waals surface area contributed by atoms with Crippen molar-refractivity contribution in [2.75, 3.05) is 0 Å². The molecule has 1 rings (SSSR count). The molecule has 0 aliphatic heterocycles. The molecule has 0 heterocycles. The molecule has 0 saturated carbocycles. The SMILES string of the molecule is C#CC(=O)OOC(=O)c1ccccc1. The average Bonchev–Trinajstić information content (AvgIpc) is 2.26. The Bertz CT molecular complexity index is 375. The Kier molecular flexibility index (Phi) is 3.27. The molecule has 0 N–H and O–H groups in total. The summed E-state index contributed by atoms with van der Waals surface area (Å²) in [4.78, 5) is 29.6. The number of benzene rings is 1. The smallest absolute Gasteiger partial charge is 0.242 e. The van der Waals surface area contributed by atoms with Gasteiger partial charge in [-0.1, -0.05) is 18.2 Å². The third-order valence-electron chi connectivity index (χ3n) is 1.32. The van der Waals surface area contributed by atoms with E-state index in [0.717, 1.165) is 0 Å². The average molecular weight is 190 g/mol. The summed E-state index contributed by atoms with van der Waals surface area (Å²) < 4.78 is 0. The molecule has 0 spiro atoms. The van der Waals surface area contributed by atoms with Gasteiger partial charge < -0.3 is 0 Å². The van der Waals surface area contributed by atoms with Crippen molar-refractivity contribution in [2.45, 2.75) is 0 Å². The number of terminal acetylenes is 1. The van der Waals surface area contributed by atoms with Gasteiger partial charge in [-0.25, -0.2) is 19.4 Å². The van der Waals surface area contributed by atoms with Crippen LogP contribution in [0.4, 0.5) is 0 Å². The van der Waals surface area contributed by atoms with Crippen LogP contribution in [0.25, 0.3) is 0 Å². The highest BCUT2D eigenvalue weighted by Crippen LogP contribution is 2.00. The standard InChI is InChI=1S/C10H6O4/c1-2-9(11)13-14-10(12)8-6-4-3-5-7-8/h1,3-7H. The lowest BCUT2D eigenvalue weighted by Gasteiger charge is -1.98. The Morgan fingerprint density at radius 2 is 1.79 bits per heavy atom. The highest BCUT2D eigenvalue weighted by molar-refractivity contribution is 5.91. The Hall–Kier alpha value is -2.28. The van der Waals surface area contributed by atoms with Gasteiger partial charge in [0, 0.05) is 5.92 Å². The molecule has 0 unspecified atom stereocenters. The van der Waals surface area contributed by atoms with Gasteiger partial charge in [0.1, 0.15) is 0 Å². The summed E-state index contributed by atoms with van der Waals surface area (Å²) in [6.45, 7) is 0. The number of rotatable bonds is 1. The van der Waals surface area contributed by atoms with Crippen LogP contribution in [0.15, 0.2) is 30.3 Å². The molecule has 4 nitrogen and oxygen atoms in total. The van der Waals surface area contributed by atoms with Crippen LogP contribution < -0.4 is 0 Å². The minimum Gasteiger partial charge on any atom is -0.242 e. The molecule has 0 fully saturated rings. The second kappa shape index (κ2) is 4.67. The molecule has 0 aliphatic rings. The van der Waals surface area contributed by atoms with Crippen molar-refractivity contribution in [3.63, 3.8) is 0 Å². The Morgan fingerprint density at radius 3 is 2.36 bits per heavy atom. The number of carbonyl (C=O) groups excluding carboxylic acids is 2. The van der Waals surface area contributed by atoms with Crippen LogP contribution in [0.1, 0.15) is 10.4 Å². The van der Waals surface area contributed by atoms with Gasteiger partial charge in [-0.3, -0.25) is 0 Å². The van der Waals surface area contributed by atoms with E-state index in [-0.39, 0.29) is 5.56 Å². The van der Waals surface area contributed by atoms with E-state index in [9.17, 15) is 9.59 Å². The van der Waals surface area contributed by atoms with Crippen molar-refractivity contribution in [3.05, 3.63) is 35.9 Å². The minimum absolute atomic E-state index is 0.275. The van der Waals surface area contributed by atoms with Crippen molar-refractivity contribution in [3.8, 4) is 12.3 Å². The van der Waals surface area contributed by atoms with Gasteiger partial charge >= 0.3 is 11.9 Å². The fraction of sp³-hybridized carbons (Fsp3) is 0. The Labute approximate surface area is 80.4 Å². The van der Waals surface area contributed by atoms with E-state index in [0.29, 0.717) is 0 Å². The number of hydrogen-bond donors (Lipinski definition) is 0. The molecule has 0 bridgehead atoms. The van der Waals surface area contributed by atoms with Crippen molar-refractivity contribution in [1.82, 2.24) is 0 Å². The maximum absolute atomic E-state index is 11.1. The molecule has 0 radical (unpaired) electrons. The maximum Gasteiger partial charge on any atom is 0.429 e. The summed E-state index contributed by atoms with van der Waals surface area (Å²) >= 11 is 0. The van der Waals surface area contributed by atoms with Gasteiger partial charge in [0.15, 0.2) is 0 Å². The van der Waals surface area contributed by atoms with Gasteiger partial charge in [-0.15, -0.1) is 6.42 Å². The zero-order valence-corrected chi connectivity index (χ0v) is 7.10. The summed E-state index contributed by atoms with van der Waals surface area (Å²) in [5.74, 6) is -0.183. The fourth-order valence-electron chi connectivity index (χ4n) is 0.722. The molecule has 0 amide bonds. The van der Waals surface area contributed by atoms with E-state index in [2.05, 4.69) is 16.2 Å². The maximum atomic E-state index is 11.1. The molecule has 0 atom stereocenters. The zero-order valence-electron chi connectivity index (χ0n) is 7.10. The van der Waals surface area contributed by atoms with Crippen LogP contribution in [0.5, 0.6) is 0 Å². The van der Waals surface area contributed by atoms with Crippen LogP contribution in [0.2, 0.25) is 0 Å². The lowest BCUT2D eigenvalue weighted by molar-refractivity contribution is -0.227. The van der Waals surface area contributed by atoms with E-state index >= 15 is 0 Å². The van der Waals surface area contributed by atoms with E-state index in [4.69, 9.17) is 0 Å². The van der Waals surface area contributed by atoms with E-state index < -0.39 is 11.9 Å². The molecule has 0 saturated heterocycles. The topological polar surface area (TPSA) is 52.6 Å². The van der Waals surface area contributed by atoms with Crippen molar-refractivity contribution in [2.24, 2.45) is 0 Å². The Morgan fingerprint density at radius 1 is 1.14 bits per heavy atom. The molecule has 0 aliphatic carbocycles. The minimum atomic E-state index is -1.05. The normalized spacial score (nSPS) is 8.50. The van der Waals surface area contributed by atoms with Crippen molar-refractivity contribution < 1.29 is 19.4 Å². The van der Waals surface area contributed by atoms with Crippen LogP contribution in [-0.4, -0.2) is 11.9 Å². The van der Waals surface area contributed by atoms with Gasteiger partial charge in [-0.2, -0.15) is 0 Å². The molecule has 70 valence electrons. The molecule has 14 heavy (non-hydrogen) atoms. The highest BCUT2D eigenvalue weighted by atomic mass is 17.2. The third kappa shape index (κ3) is 2.64.